The van der Waals surface area contributed by atoms with Crippen molar-refractivity contribution < 1.29 is 18.7 Å². The van der Waals surface area contributed by atoms with Crippen LogP contribution in [-0.2, 0) is 11.2 Å². The molecule has 1 aromatic heterocycles. The molecule has 2 aromatic carbocycles. The Hall–Kier alpha value is -2.95. The number of hydrogen-bond acceptors (Lipinski definition) is 4. The van der Waals surface area contributed by atoms with Gasteiger partial charge < -0.3 is 18.8 Å². The molecule has 0 aliphatic rings. The standard InChI is InChI=1S/C21H23NO4/c1-14(19-13-16-7-5-6-8-17(16)26-19)22(2)21(23)12-15-9-10-18(24-3)20(11-15)25-4/h5-11,13-14H,12H2,1-4H3/t14-/m0/s1. The molecule has 1 atom stereocenters. The zero-order chi connectivity index (χ0) is 18.7. The molecule has 1 amide bonds. The van der Waals surface area contributed by atoms with Crippen molar-refractivity contribution in [1.82, 2.24) is 4.90 Å². The fourth-order valence-electron chi connectivity index (χ4n) is 2.91. The lowest BCUT2D eigenvalue weighted by Crippen LogP contribution is -2.30. The first-order valence-corrected chi connectivity index (χ1v) is 8.48. The molecule has 0 unspecified atom stereocenters. The molecule has 0 aliphatic heterocycles. The number of benzene rings is 2. The lowest BCUT2D eigenvalue weighted by Gasteiger charge is -2.23. The van der Waals surface area contributed by atoms with E-state index in [1.54, 1.807) is 26.2 Å². The maximum absolute atomic E-state index is 12.7. The second-order valence-corrected chi connectivity index (χ2v) is 6.23. The first-order chi connectivity index (χ1) is 12.5. The van der Waals surface area contributed by atoms with Crippen LogP contribution in [0.5, 0.6) is 11.5 Å². The zero-order valence-electron chi connectivity index (χ0n) is 15.5. The van der Waals surface area contributed by atoms with Crippen molar-refractivity contribution in [3.05, 3.63) is 59.9 Å². The van der Waals surface area contributed by atoms with Gasteiger partial charge in [0.15, 0.2) is 11.5 Å². The summed E-state index contributed by atoms with van der Waals surface area (Å²) in [7, 11) is 4.96. The van der Waals surface area contributed by atoms with Gasteiger partial charge in [0, 0.05) is 12.4 Å². The largest absolute Gasteiger partial charge is 0.493 e. The molecule has 0 aliphatic carbocycles. The summed E-state index contributed by atoms with van der Waals surface area (Å²) in [6.07, 6.45) is 0.279. The number of para-hydroxylation sites is 1. The number of methoxy groups -OCH3 is 2. The molecular formula is C21H23NO4. The highest BCUT2D eigenvalue weighted by atomic mass is 16.5. The van der Waals surface area contributed by atoms with Crippen LogP contribution < -0.4 is 9.47 Å². The molecule has 3 rings (SSSR count). The lowest BCUT2D eigenvalue weighted by atomic mass is 10.1. The maximum atomic E-state index is 12.7. The van der Waals surface area contributed by atoms with E-state index in [0.717, 1.165) is 22.3 Å². The van der Waals surface area contributed by atoms with Gasteiger partial charge in [-0.15, -0.1) is 0 Å². The number of likely N-dealkylation sites (N-methyl/N-ethyl adjacent to an activating group) is 1. The molecule has 0 saturated heterocycles. The van der Waals surface area contributed by atoms with Crippen LogP contribution in [0.3, 0.4) is 0 Å². The summed E-state index contributed by atoms with van der Waals surface area (Å²) in [6.45, 7) is 1.96. The van der Waals surface area contributed by atoms with Crippen LogP contribution >= 0.6 is 0 Å². The van der Waals surface area contributed by atoms with E-state index in [4.69, 9.17) is 13.9 Å². The van der Waals surface area contributed by atoms with Gasteiger partial charge in [0.2, 0.25) is 5.91 Å². The van der Waals surface area contributed by atoms with E-state index in [9.17, 15) is 4.79 Å². The Kier molecular flexibility index (Phi) is 5.16. The lowest BCUT2D eigenvalue weighted by molar-refractivity contribution is -0.131. The van der Waals surface area contributed by atoms with Crippen LogP contribution in [0, 0.1) is 0 Å². The van der Waals surface area contributed by atoms with Crippen molar-refractivity contribution >= 4 is 16.9 Å². The summed E-state index contributed by atoms with van der Waals surface area (Å²) in [4.78, 5) is 14.4. The van der Waals surface area contributed by atoms with Gasteiger partial charge in [-0.25, -0.2) is 0 Å². The van der Waals surface area contributed by atoms with E-state index < -0.39 is 0 Å². The Labute approximate surface area is 153 Å². The molecule has 136 valence electrons. The summed E-state index contributed by atoms with van der Waals surface area (Å²) >= 11 is 0. The first-order valence-electron chi connectivity index (χ1n) is 8.48. The van der Waals surface area contributed by atoms with Gasteiger partial charge in [-0.05, 0) is 36.8 Å². The number of fused-ring (bicyclic) bond motifs is 1. The quantitative estimate of drug-likeness (QED) is 0.666. The smallest absolute Gasteiger partial charge is 0.227 e. The number of amides is 1. The summed E-state index contributed by atoms with van der Waals surface area (Å²) in [6, 6.07) is 15.2. The fourth-order valence-corrected chi connectivity index (χ4v) is 2.91. The highest BCUT2D eigenvalue weighted by Crippen LogP contribution is 2.29. The number of hydrogen-bond donors (Lipinski definition) is 0. The van der Waals surface area contributed by atoms with E-state index in [0.29, 0.717) is 11.5 Å². The van der Waals surface area contributed by atoms with Gasteiger partial charge in [0.1, 0.15) is 11.3 Å². The number of furan rings is 1. The third-order valence-electron chi connectivity index (χ3n) is 4.63. The summed E-state index contributed by atoms with van der Waals surface area (Å²) in [5.41, 5.74) is 1.70. The molecule has 5 heteroatoms. The second-order valence-electron chi connectivity index (χ2n) is 6.23. The third-order valence-corrected chi connectivity index (χ3v) is 4.63. The minimum Gasteiger partial charge on any atom is -0.493 e. The van der Waals surface area contributed by atoms with Crippen molar-refractivity contribution in [2.24, 2.45) is 0 Å². The Morgan fingerprint density at radius 2 is 1.81 bits per heavy atom. The molecule has 5 nitrogen and oxygen atoms in total. The van der Waals surface area contributed by atoms with Gasteiger partial charge in [-0.2, -0.15) is 0 Å². The number of ether oxygens (including phenoxy) is 2. The Morgan fingerprint density at radius 1 is 1.08 bits per heavy atom. The minimum absolute atomic E-state index is 0.00479. The SMILES string of the molecule is COc1ccc(CC(=O)N(C)[C@@H](C)c2cc3ccccc3o2)cc1OC. The predicted molar refractivity (Wildman–Crippen MR) is 101 cm³/mol. The van der Waals surface area contributed by atoms with Crippen molar-refractivity contribution in [1.29, 1.82) is 0 Å². The molecule has 0 saturated carbocycles. The average Bonchev–Trinajstić information content (AvgIpc) is 3.10. The summed E-state index contributed by atoms with van der Waals surface area (Å²) in [5, 5.41) is 1.04. The van der Waals surface area contributed by atoms with E-state index in [1.807, 2.05) is 55.5 Å². The van der Waals surface area contributed by atoms with Crippen LogP contribution in [-0.4, -0.2) is 32.1 Å². The third kappa shape index (κ3) is 3.52. The van der Waals surface area contributed by atoms with Crippen molar-refractivity contribution in [2.45, 2.75) is 19.4 Å². The highest BCUT2D eigenvalue weighted by Gasteiger charge is 2.21. The second kappa shape index (κ2) is 7.52. The normalized spacial score (nSPS) is 12.0. The van der Waals surface area contributed by atoms with E-state index >= 15 is 0 Å². The van der Waals surface area contributed by atoms with Gasteiger partial charge in [0.25, 0.3) is 0 Å². The number of rotatable bonds is 6. The Balaban J connectivity index is 1.74. The number of carbonyl (C=O) groups is 1. The highest BCUT2D eigenvalue weighted by molar-refractivity contribution is 5.80. The van der Waals surface area contributed by atoms with Crippen molar-refractivity contribution in [2.75, 3.05) is 21.3 Å². The van der Waals surface area contributed by atoms with Crippen LogP contribution in [0.4, 0.5) is 0 Å². The van der Waals surface area contributed by atoms with Crippen molar-refractivity contribution in [3.63, 3.8) is 0 Å². The van der Waals surface area contributed by atoms with Crippen LogP contribution in [0.25, 0.3) is 11.0 Å². The molecule has 0 fully saturated rings. The molecule has 0 radical (unpaired) electrons. The molecule has 3 aromatic rings. The number of nitrogens with zero attached hydrogens (tertiary/aromatic N) is 1. The summed E-state index contributed by atoms with van der Waals surface area (Å²) in [5.74, 6) is 2.04. The zero-order valence-corrected chi connectivity index (χ0v) is 15.5. The monoisotopic (exact) mass is 353 g/mol. The molecule has 26 heavy (non-hydrogen) atoms. The van der Waals surface area contributed by atoms with Crippen LogP contribution in [0.15, 0.2) is 52.9 Å². The summed E-state index contributed by atoms with van der Waals surface area (Å²) < 4.78 is 16.4. The topological polar surface area (TPSA) is 51.9 Å². The van der Waals surface area contributed by atoms with Gasteiger partial charge in [-0.1, -0.05) is 24.3 Å². The molecular weight excluding hydrogens is 330 g/mol. The molecule has 0 spiro atoms. The van der Waals surface area contributed by atoms with E-state index in [1.165, 1.54) is 0 Å². The first kappa shape index (κ1) is 17.9. The van der Waals surface area contributed by atoms with Crippen LogP contribution in [0.2, 0.25) is 0 Å². The average molecular weight is 353 g/mol. The van der Waals surface area contributed by atoms with E-state index in [-0.39, 0.29) is 18.4 Å². The van der Waals surface area contributed by atoms with Gasteiger partial charge >= 0.3 is 0 Å². The van der Waals surface area contributed by atoms with Gasteiger partial charge in [0.05, 0.1) is 26.7 Å². The Morgan fingerprint density at radius 3 is 2.50 bits per heavy atom. The number of carbonyl (C=O) groups excluding carboxylic acids is 1. The Bertz CT molecular complexity index is 882. The van der Waals surface area contributed by atoms with Crippen LogP contribution in [0.1, 0.15) is 24.3 Å². The molecule has 1 heterocycles. The van der Waals surface area contributed by atoms with E-state index in [2.05, 4.69) is 0 Å². The fraction of sp³-hybridized carbons (Fsp3) is 0.286. The van der Waals surface area contributed by atoms with Gasteiger partial charge in [-0.3, -0.25) is 4.79 Å². The predicted octanol–water partition coefficient (Wildman–Crippen LogP) is 4.21. The van der Waals surface area contributed by atoms with Crippen molar-refractivity contribution in [3.8, 4) is 11.5 Å². The molecule has 0 N–H and O–H groups in total. The minimum atomic E-state index is -0.157. The maximum Gasteiger partial charge on any atom is 0.227 e. The molecule has 0 bridgehead atoms.